The molecule has 10 heteroatoms. The number of pyridine rings is 1. The number of nitrogens with zero attached hydrogens (tertiary/aromatic N) is 5. The molecule has 4 rings (SSSR count). The molecule has 2 aromatic heterocycles. The van der Waals surface area contributed by atoms with Crippen LogP contribution in [-0.4, -0.2) is 37.1 Å². The third-order valence-electron chi connectivity index (χ3n) is 5.92. The number of carbonyl (C=O) groups excluding carboxylic acids is 1. The third kappa shape index (κ3) is 5.03. The Hall–Kier alpha value is -2.94. The minimum absolute atomic E-state index is 0.0161. The highest BCUT2D eigenvalue weighted by Gasteiger charge is 2.35. The number of hydrogen-bond donors (Lipinski definition) is 0. The third-order valence-corrected chi connectivity index (χ3v) is 6.17. The number of aromatic nitrogens is 4. The molecular weight excluding hydrogens is 455 g/mol. The zero-order chi connectivity index (χ0) is 23.8. The summed E-state index contributed by atoms with van der Waals surface area (Å²) in [4.78, 5) is 18.5. The van der Waals surface area contributed by atoms with E-state index in [0.717, 1.165) is 30.3 Å². The smallest absolute Gasteiger partial charge is 0.332 e. The molecule has 0 bridgehead atoms. The lowest BCUT2D eigenvalue weighted by molar-refractivity contribution is -0.141. The maximum atomic E-state index is 13.2. The average Bonchev–Trinajstić information content (AvgIpc) is 3.37. The molecule has 1 aliphatic rings. The summed E-state index contributed by atoms with van der Waals surface area (Å²) in [6.07, 6.45) is -2.97. The average molecular weight is 478 g/mol. The highest BCUT2D eigenvalue weighted by atomic mass is 35.5. The van der Waals surface area contributed by atoms with Crippen molar-refractivity contribution in [3.05, 3.63) is 75.6 Å². The van der Waals surface area contributed by atoms with Gasteiger partial charge in [-0.2, -0.15) is 13.2 Å². The molecule has 1 aliphatic heterocycles. The SMILES string of the molecule is Cc1nc(C(F)(F)F)ccc1CC(=O)N1CCC[C@@H]1c1nnc(C)n1Cc1ccc(Cl)cc1. The van der Waals surface area contributed by atoms with Gasteiger partial charge in [-0.1, -0.05) is 29.8 Å². The quantitative estimate of drug-likeness (QED) is 0.523. The van der Waals surface area contributed by atoms with Crippen LogP contribution >= 0.6 is 11.6 Å². The molecule has 1 amide bonds. The molecule has 0 aliphatic carbocycles. The molecule has 174 valence electrons. The number of carbonyl (C=O) groups is 1. The van der Waals surface area contributed by atoms with Crippen molar-refractivity contribution >= 4 is 17.5 Å². The van der Waals surface area contributed by atoms with Gasteiger partial charge in [-0.15, -0.1) is 10.2 Å². The van der Waals surface area contributed by atoms with Crippen LogP contribution in [0.2, 0.25) is 5.02 Å². The van der Waals surface area contributed by atoms with E-state index < -0.39 is 11.9 Å². The van der Waals surface area contributed by atoms with E-state index in [-0.39, 0.29) is 24.1 Å². The van der Waals surface area contributed by atoms with E-state index in [1.165, 1.54) is 13.0 Å². The van der Waals surface area contributed by atoms with Crippen molar-refractivity contribution in [2.24, 2.45) is 0 Å². The van der Waals surface area contributed by atoms with E-state index in [0.29, 0.717) is 29.5 Å². The van der Waals surface area contributed by atoms with Crippen LogP contribution < -0.4 is 0 Å². The predicted octanol–water partition coefficient (Wildman–Crippen LogP) is 4.92. The molecule has 3 aromatic rings. The second kappa shape index (κ2) is 9.13. The largest absolute Gasteiger partial charge is 0.433 e. The number of halogens is 4. The topological polar surface area (TPSA) is 63.9 Å². The van der Waals surface area contributed by atoms with Crippen LogP contribution in [0.4, 0.5) is 13.2 Å². The second-order valence-corrected chi connectivity index (χ2v) is 8.62. The van der Waals surface area contributed by atoms with Crippen LogP contribution in [0.25, 0.3) is 0 Å². The molecule has 1 fully saturated rings. The van der Waals surface area contributed by atoms with E-state index in [4.69, 9.17) is 11.6 Å². The lowest BCUT2D eigenvalue weighted by Crippen LogP contribution is -2.33. The van der Waals surface area contributed by atoms with Crippen molar-refractivity contribution in [3.63, 3.8) is 0 Å². The minimum Gasteiger partial charge on any atom is -0.332 e. The van der Waals surface area contributed by atoms with Crippen LogP contribution in [-0.2, 0) is 23.9 Å². The number of hydrogen-bond acceptors (Lipinski definition) is 4. The molecule has 0 spiro atoms. The molecule has 6 nitrogen and oxygen atoms in total. The molecule has 0 saturated carbocycles. The van der Waals surface area contributed by atoms with Crippen molar-refractivity contribution in [1.29, 1.82) is 0 Å². The lowest BCUT2D eigenvalue weighted by Gasteiger charge is -2.25. The molecule has 3 heterocycles. The number of benzene rings is 1. The van der Waals surface area contributed by atoms with Gasteiger partial charge < -0.3 is 9.47 Å². The predicted molar refractivity (Wildman–Crippen MR) is 117 cm³/mol. The van der Waals surface area contributed by atoms with Crippen molar-refractivity contribution in [1.82, 2.24) is 24.6 Å². The summed E-state index contributed by atoms with van der Waals surface area (Å²) < 4.78 is 40.7. The fourth-order valence-corrected chi connectivity index (χ4v) is 4.27. The number of aryl methyl sites for hydroxylation is 2. The zero-order valence-corrected chi connectivity index (χ0v) is 19.0. The van der Waals surface area contributed by atoms with Gasteiger partial charge in [-0.05, 0) is 56.0 Å². The van der Waals surface area contributed by atoms with Crippen LogP contribution in [0.5, 0.6) is 0 Å². The Morgan fingerprint density at radius 3 is 2.52 bits per heavy atom. The summed E-state index contributed by atoms with van der Waals surface area (Å²) in [5.41, 5.74) is 0.764. The van der Waals surface area contributed by atoms with Gasteiger partial charge in [0.15, 0.2) is 5.82 Å². The lowest BCUT2D eigenvalue weighted by atomic mass is 10.1. The first kappa shape index (κ1) is 23.2. The van der Waals surface area contributed by atoms with Gasteiger partial charge >= 0.3 is 6.18 Å². The highest BCUT2D eigenvalue weighted by Crippen LogP contribution is 2.33. The molecule has 1 saturated heterocycles. The number of alkyl halides is 3. The van der Waals surface area contributed by atoms with Gasteiger partial charge in [-0.25, -0.2) is 4.98 Å². The van der Waals surface area contributed by atoms with Crippen molar-refractivity contribution in [2.75, 3.05) is 6.54 Å². The van der Waals surface area contributed by atoms with E-state index in [9.17, 15) is 18.0 Å². The van der Waals surface area contributed by atoms with Crippen LogP contribution in [0.15, 0.2) is 36.4 Å². The normalized spacial score (nSPS) is 16.4. The van der Waals surface area contributed by atoms with Crippen molar-refractivity contribution in [3.8, 4) is 0 Å². The van der Waals surface area contributed by atoms with Crippen molar-refractivity contribution < 1.29 is 18.0 Å². The summed E-state index contributed by atoms with van der Waals surface area (Å²) in [6, 6.07) is 9.52. The van der Waals surface area contributed by atoms with Gasteiger partial charge in [0.2, 0.25) is 5.91 Å². The first-order valence-corrected chi connectivity index (χ1v) is 11.0. The van der Waals surface area contributed by atoms with Crippen molar-refractivity contribution in [2.45, 2.75) is 51.9 Å². The van der Waals surface area contributed by atoms with Crippen LogP contribution in [0.1, 0.15) is 53.0 Å². The fourth-order valence-electron chi connectivity index (χ4n) is 4.14. The minimum atomic E-state index is -4.51. The molecule has 0 unspecified atom stereocenters. The Morgan fingerprint density at radius 1 is 1.12 bits per heavy atom. The van der Waals surface area contributed by atoms with E-state index in [1.807, 2.05) is 35.8 Å². The zero-order valence-electron chi connectivity index (χ0n) is 18.2. The molecule has 0 radical (unpaired) electrons. The van der Waals surface area contributed by atoms with Gasteiger partial charge in [0, 0.05) is 17.3 Å². The van der Waals surface area contributed by atoms with E-state index >= 15 is 0 Å². The van der Waals surface area contributed by atoms with Crippen LogP contribution in [0, 0.1) is 13.8 Å². The molecular formula is C23H23ClF3N5O. The summed E-state index contributed by atoms with van der Waals surface area (Å²) in [7, 11) is 0. The number of rotatable bonds is 5. The van der Waals surface area contributed by atoms with E-state index in [1.54, 1.807) is 4.90 Å². The Bertz CT molecular complexity index is 1160. The first-order chi connectivity index (χ1) is 15.6. The fraction of sp³-hybridized carbons (Fsp3) is 0.391. The maximum Gasteiger partial charge on any atom is 0.433 e. The summed E-state index contributed by atoms with van der Waals surface area (Å²) in [5.74, 6) is 1.28. The summed E-state index contributed by atoms with van der Waals surface area (Å²) >= 11 is 5.99. The molecule has 0 N–H and O–H groups in total. The first-order valence-electron chi connectivity index (χ1n) is 10.6. The molecule has 1 atom stereocenters. The number of amides is 1. The standard InChI is InChI=1S/C23H23ClF3N5O/c1-14-17(7-10-20(28-14)23(25,26)27)12-21(33)31-11-3-4-19(31)22-30-29-15(2)32(22)13-16-5-8-18(24)9-6-16/h5-10,19H,3-4,11-13H2,1-2H3/t19-/m1/s1. The van der Waals surface area contributed by atoms with Gasteiger partial charge in [0.25, 0.3) is 0 Å². The van der Waals surface area contributed by atoms with E-state index in [2.05, 4.69) is 15.2 Å². The summed E-state index contributed by atoms with van der Waals surface area (Å²) in [6.45, 7) is 4.46. The monoisotopic (exact) mass is 477 g/mol. The molecule has 33 heavy (non-hydrogen) atoms. The van der Waals surface area contributed by atoms with Gasteiger partial charge in [-0.3, -0.25) is 4.79 Å². The Labute approximate surface area is 194 Å². The van der Waals surface area contributed by atoms with Gasteiger partial charge in [0.1, 0.15) is 11.5 Å². The second-order valence-electron chi connectivity index (χ2n) is 8.18. The Morgan fingerprint density at radius 2 is 1.85 bits per heavy atom. The molecule has 1 aromatic carbocycles. The van der Waals surface area contributed by atoms with Crippen LogP contribution in [0.3, 0.4) is 0 Å². The van der Waals surface area contributed by atoms with Gasteiger partial charge in [0.05, 0.1) is 19.0 Å². The summed E-state index contributed by atoms with van der Waals surface area (Å²) in [5, 5.41) is 9.25. The Kier molecular flexibility index (Phi) is 6.43. The highest BCUT2D eigenvalue weighted by molar-refractivity contribution is 6.30. The maximum absolute atomic E-state index is 13.2. The number of likely N-dealkylation sites (tertiary alicyclic amines) is 1. The Balaban J connectivity index is 1.54.